The largest absolute Gasteiger partial charge is 0.305 e. The lowest BCUT2D eigenvalue weighted by Crippen LogP contribution is -2.59. The number of nitrogens with zero attached hydrogens (tertiary/aromatic N) is 3. The van der Waals surface area contributed by atoms with Gasteiger partial charge >= 0.3 is 0 Å². The number of sulfone groups is 1. The van der Waals surface area contributed by atoms with Crippen LogP contribution in [-0.4, -0.2) is 80.4 Å². The zero-order valence-electron chi connectivity index (χ0n) is 15.8. The monoisotopic (exact) mass is 385 g/mol. The predicted octanol–water partition coefficient (Wildman–Crippen LogP) is 1.75. The number of hydrogen-bond acceptors (Lipinski definition) is 6. The third kappa shape index (κ3) is 4.83. The first kappa shape index (κ1) is 19.3. The fourth-order valence-corrected chi connectivity index (χ4v) is 7.09. The summed E-state index contributed by atoms with van der Waals surface area (Å²) in [6.45, 7) is 9.19. The van der Waals surface area contributed by atoms with Gasteiger partial charge in [-0.2, -0.15) is 0 Å². The van der Waals surface area contributed by atoms with Crippen LogP contribution >= 0.6 is 11.3 Å². The summed E-state index contributed by atoms with van der Waals surface area (Å²) in [6, 6.07) is 2.60. The molecule has 3 heterocycles. The fraction of sp³-hybridized carbons (Fsp3) is 0.778. The molecule has 2 aliphatic heterocycles. The minimum Gasteiger partial charge on any atom is -0.305 e. The third-order valence-corrected chi connectivity index (χ3v) is 7.74. The lowest BCUT2D eigenvalue weighted by atomic mass is 10.0. The molecule has 2 fully saturated rings. The molecule has 0 aliphatic carbocycles. The molecule has 0 saturated carbocycles. The molecule has 0 amide bonds. The molecule has 0 unspecified atom stereocenters. The van der Waals surface area contributed by atoms with Crippen molar-refractivity contribution in [3.8, 4) is 0 Å². The number of hydrogen-bond donors (Lipinski definition) is 0. The third-order valence-electron chi connectivity index (χ3n) is 5.07. The molecular weight excluding hydrogens is 354 g/mol. The van der Waals surface area contributed by atoms with Crippen LogP contribution in [0.15, 0.2) is 11.4 Å². The van der Waals surface area contributed by atoms with Gasteiger partial charge in [-0.25, -0.2) is 8.42 Å². The SMILES string of the molecule is CC(C)CN1CCN(Cc2cc(CN(C)C)cs2)[C@H]2CS(=O)(=O)C[C@H]21. The maximum Gasteiger partial charge on any atom is 0.153 e. The topological polar surface area (TPSA) is 43.9 Å². The highest BCUT2D eigenvalue weighted by Crippen LogP contribution is 2.30. The van der Waals surface area contributed by atoms with E-state index in [0.717, 1.165) is 32.7 Å². The van der Waals surface area contributed by atoms with Crippen LogP contribution in [0, 0.1) is 5.92 Å². The first-order valence-corrected chi connectivity index (χ1v) is 11.8. The first-order valence-electron chi connectivity index (χ1n) is 9.13. The molecule has 0 aromatic carbocycles. The van der Waals surface area contributed by atoms with Crippen LogP contribution in [0.3, 0.4) is 0 Å². The molecule has 0 N–H and O–H groups in total. The van der Waals surface area contributed by atoms with Gasteiger partial charge in [-0.1, -0.05) is 13.8 Å². The van der Waals surface area contributed by atoms with Gasteiger partial charge in [0.05, 0.1) is 11.5 Å². The first-order chi connectivity index (χ1) is 11.7. The van der Waals surface area contributed by atoms with Crippen LogP contribution in [0.4, 0.5) is 0 Å². The molecule has 2 atom stereocenters. The van der Waals surface area contributed by atoms with Gasteiger partial charge in [0.1, 0.15) is 0 Å². The lowest BCUT2D eigenvalue weighted by molar-refractivity contribution is 0.0343. The second-order valence-electron chi connectivity index (χ2n) is 8.23. The van der Waals surface area contributed by atoms with Crippen molar-refractivity contribution in [1.29, 1.82) is 0 Å². The van der Waals surface area contributed by atoms with Crippen molar-refractivity contribution in [3.05, 3.63) is 21.9 Å². The quantitative estimate of drug-likeness (QED) is 0.746. The zero-order chi connectivity index (χ0) is 18.2. The summed E-state index contributed by atoms with van der Waals surface area (Å²) in [7, 11) is 1.25. The van der Waals surface area contributed by atoms with Crippen LogP contribution in [0.5, 0.6) is 0 Å². The Morgan fingerprint density at radius 1 is 1.20 bits per heavy atom. The van der Waals surface area contributed by atoms with Gasteiger partial charge in [0.2, 0.25) is 0 Å². The Balaban J connectivity index is 1.71. The molecule has 142 valence electrons. The van der Waals surface area contributed by atoms with Gasteiger partial charge in [-0.05, 0) is 37.0 Å². The average molecular weight is 386 g/mol. The lowest BCUT2D eigenvalue weighted by Gasteiger charge is -2.44. The van der Waals surface area contributed by atoms with Crippen molar-refractivity contribution in [3.63, 3.8) is 0 Å². The Bertz CT molecular complexity index is 684. The Hall–Kier alpha value is -0.470. The molecular formula is C18H31N3O2S2. The van der Waals surface area contributed by atoms with E-state index in [9.17, 15) is 8.42 Å². The van der Waals surface area contributed by atoms with Crippen LogP contribution in [0.25, 0.3) is 0 Å². The van der Waals surface area contributed by atoms with E-state index in [2.05, 4.69) is 54.1 Å². The molecule has 2 aliphatic rings. The zero-order valence-corrected chi connectivity index (χ0v) is 17.4. The van der Waals surface area contributed by atoms with Crippen molar-refractivity contribution >= 4 is 21.2 Å². The Morgan fingerprint density at radius 3 is 2.48 bits per heavy atom. The van der Waals surface area contributed by atoms with Crippen molar-refractivity contribution in [2.24, 2.45) is 5.92 Å². The molecule has 7 heteroatoms. The molecule has 0 bridgehead atoms. The van der Waals surface area contributed by atoms with Gasteiger partial charge < -0.3 is 4.90 Å². The maximum absolute atomic E-state index is 12.3. The molecule has 5 nitrogen and oxygen atoms in total. The summed E-state index contributed by atoms with van der Waals surface area (Å²) in [5.74, 6) is 1.22. The van der Waals surface area contributed by atoms with Crippen LogP contribution in [-0.2, 0) is 22.9 Å². The van der Waals surface area contributed by atoms with Crippen molar-refractivity contribution in [1.82, 2.24) is 14.7 Å². The highest BCUT2D eigenvalue weighted by atomic mass is 32.2. The van der Waals surface area contributed by atoms with Gasteiger partial charge in [-0.3, -0.25) is 9.80 Å². The van der Waals surface area contributed by atoms with Crippen LogP contribution in [0.1, 0.15) is 24.3 Å². The summed E-state index contributed by atoms with van der Waals surface area (Å²) >= 11 is 1.80. The van der Waals surface area contributed by atoms with E-state index >= 15 is 0 Å². The standard InChI is InChI=1S/C18H31N3O2S2/c1-14(2)8-20-5-6-21(18-13-25(22,23)12-17(18)20)10-16-7-15(11-24-16)9-19(3)4/h7,11,14,17-18H,5-6,8-10,12-13H2,1-4H3/t17-,18+/m1/s1. The second kappa shape index (κ2) is 7.64. The predicted molar refractivity (Wildman–Crippen MR) is 105 cm³/mol. The molecule has 0 radical (unpaired) electrons. The summed E-state index contributed by atoms with van der Waals surface area (Å²) in [6.07, 6.45) is 0. The summed E-state index contributed by atoms with van der Waals surface area (Å²) < 4.78 is 24.6. The smallest absolute Gasteiger partial charge is 0.153 e. The highest BCUT2D eigenvalue weighted by Gasteiger charge is 2.46. The summed E-state index contributed by atoms with van der Waals surface area (Å²) in [4.78, 5) is 8.35. The number of piperazine rings is 1. The molecule has 1 aromatic rings. The van der Waals surface area contributed by atoms with Gasteiger partial charge in [-0.15, -0.1) is 11.3 Å². The number of fused-ring (bicyclic) bond motifs is 1. The minimum absolute atomic E-state index is 0.150. The van der Waals surface area contributed by atoms with Gasteiger partial charge in [0.15, 0.2) is 9.84 Å². The van der Waals surface area contributed by atoms with Crippen LogP contribution in [0.2, 0.25) is 0 Å². The molecule has 2 saturated heterocycles. The Kier molecular flexibility index (Phi) is 5.90. The Labute approximate surface area is 156 Å². The summed E-state index contributed by atoms with van der Waals surface area (Å²) in [5, 5.41) is 2.23. The molecule has 0 spiro atoms. The van der Waals surface area contributed by atoms with Gasteiger partial charge in [0.25, 0.3) is 0 Å². The molecule has 25 heavy (non-hydrogen) atoms. The van der Waals surface area contributed by atoms with Crippen molar-refractivity contribution in [2.45, 2.75) is 39.0 Å². The van der Waals surface area contributed by atoms with Crippen molar-refractivity contribution < 1.29 is 8.42 Å². The van der Waals surface area contributed by atoms with E-state index in [0.29, 0.717) is 17.4 Å². The number of rotatable bonds is 6. The molecule has 3 rings (SSSR count). The fourth-order valence-electron chi connectivity index (χ4n) is 4.15. The van der Waals surface area contributed by atoms with E-state index in [-0.39, 0.29) is 12.1 Å². The highest BCUT2D eigenvalue weighted by molar-refractivity contribution is 7.91. The minimum atomic E-state index is -2.92. The van der Waals surface area contributed by atoms with E-state index in [1.807, 2.05) is 0 Å². The van der Waals surface area contributed by atoms with E-state index in [1.165, 1.54) is 10.4 Å². The van der Waals surface area contributed by atoms with E-state index < -0.39 is 9.84 Å². The molecule has 1 aromatic heterocycles. The Morgan fingerprint density at radius 2 is 1.84 bits per heavy atom. The van der Waals surface area contributed by atoms with E-state index in [4.69, 9.17) is 0 Å². The maximum atomic E-state index is 12.3. The second-order valence-corrected chi connectivity index (χ2v) is 11.4. The van der Waals surface area contributed by atoms with Crippen molar-refractivity contribution in [2.75, 3.05) is 45.2 Å². The van der Waals surface area contributed by atoms with Gasteiger partial charge in [0, 0.05) is 49.7 Å². The van der Waals surface area contributed by atoms with E-state index in [1.54, 1.807) is 11.3 Å². The summed E-state index contributed by atoms with van der Waals surface area (Å²) in [5.41, 5.74) is 1.35. The number of thiophene rings is 1. The van der Waals surface area contributed by atoms with Crippen LogP contribution < -0.4 is 0 Å². The normalized spacial score (nSPS) is 27.3. The average Bonchev–Trinajstić information content (AvgIpc) is 3.04.